The number of carbonyl (C=O) groups is 2. The Balaban J connectivity index is 2.04. The molecule has 0 bridgehead atoms. The number of pyridine rings is 1. The van der Waals surface area contributed by atoms with E-state index in [-0.39, 0.29) is 12.1 Å². The van der Waals surface area contributed by atoms with Gasteiger partial charge >= 0.3 is 5.97 Å². The number of ether oxygens (including phenoxy) is 1. The molecular formula is C15H14N4O4S. The summed E-state index contributed by atoms with van der Waals surface area (Å²) in [5.74, 6) is -1.49. The lowest BCUT2D eigenvalue weighted by Gasteiger charge is -2.05. The van der Waals surface area contributed by atoms with Crippen molar-refractivity contribution in [3.63, 3.8) is 0 Å². The number of fused-ring (bicyclic) bond motifs is 3. The Morgan fingerprint density at radius 3 is 2.83 bits per heavy atom. The zero-order valence-corrected chi connectivity index (χ0v) is 13.8. The van der Waals surface area contributed by atoms with Gasteiger partial charge in [-0.1, -0.05) is 0 Å². The van der Waals surface area contributed by atoms with Gasteiger partial charge in [0.25, 0.3) is 11.5 Å². The molecular weight excluding hydrogens is 332 g/mol. The van der Waals surface area contributed by atoms with Crippen LogP contribution in [0.2, 0.25) is 0 Å². The van der Waals surface area contributed by atoms with Gasteiger partial charge in [0.2, 0.25) is 0 Å². The predicted octanol–water partition coefficient (Wildman–Crippen LogP) is 0.652. The lowest BCUT2D eigenvalue weighted by Crippen LogP contribution is -2.27. The van der Waals surface area contributed by atoms with Crippen molar-refractivity contribution in [2.24, 2.45) is 5.73 Å². The summed E-state index contributed by atoms with van der Waals surface area (Å²) in [6.45, 7) is 2.97. The molecule has 0 aliphatic carbocycles. The van der Waals surface area contributed by atoms with Crippen LogP contribution in [0.15, 0.2) is 17.2 Å². The molecule has 0 aliphatic heterocycles. The summed E-state index contributed by atoms with van der Waals surface area (Å²) in [6, 6.07) is 1.93. The first-order valence-electron chi connectivity index (χ1n) is 7.06. The van der Waals surface area contributed by atoms with Crippen LogP contribution < -0.4 is 11.3 Å². The van der Waals surface area contributed by atoms with Crippen LogP contribution in [-0.4, -0.2) is 33.0 Å². The molecule has 3 heterocycles. The van der Waals surface area contributed by atoms with E-state index in [0.717, 1.165) is 26.0 Å². The highest BCUT2D eigenvalue weighted by molar-refractivity contribution is 7.25. The first-order valence-corrected chi connectivity index (χ1v) is 7.88. The van der Waals surface area contributed by atoms with Gasteiger partial charge in [0.05, 0.1) is 11.8 Å². The number of primary amides is 1. The summed E-state index contributed by atoms with van der Waals surface area (Å²) in [5, 5.41) is 0.848. The maximum Gasteiger partial charge on any atom is 0.326 e. The lowest BCUT2D eigenvalue weighted by molar-refractivity contribution is -0.148. The highest BCUT2D eigenvalue weighted by Gasteiger charge is 2.16. The summed E-state index contributed by atoms with van der Waals surface area (Å²) in [7, 11) is 0. The smallest absolute Gasteiger partial charge is 0.326 e. The second-order valence-electron chi connectivity index (χ2n) is 5.35. The maximum atomic E-state index is 12.6. The van der Waals surface area contributed by atoms with Crippen molar-refractivity contribution in [1.29, 1.82) is 0 Å². The molecule has 0 saturated heterocycles. The third-order valence-electron chi connectivity index (χ3n) is 3.42. The number of hydrogen-bond donors (Lipinski definition) is 1. The molecule has 24 heavy (non-hydrogen) atoms. The van der Waals surface area contributed by atoms with Crippen LogP contribution in [0.4, 0.5) is 0 Å². The average Bonchev–Trinajstić information content (AvgIpc) is 2.87. The van der Waals surface area contributed by atoms with Gasteiger partial charge in [-0.25, -0.2) is 9.97 Å². The third-order valence-corrected chi connectivity index (χ3v) is 4.48. The Morgan fingerprint density at radius 2 is 2.12 bits per heavy atom. The molecule has 0 atom stereocenters. The number of esters is 1. The highest BCUT2D eigenvalue weighted by atomic mass is 32.1. The normalized spacial score (nSPS) is 11.1. The molecule has 2 N–H and O–H groups in total. The lowest BCUT2D eigenvalue weighted by atomic mass is 10.1. The Bertz CT molecular complexity index is 1040. The van der Waals surface area contributed by atoms with Crippen LogP contribution >= 0.6 is 11.3 Å². The van der Waals surface area contributed by atoms with E-state index in [4.69, 9.17) is 5.73 Å². The summed E-state index contributed by atoms with van der Waals surface area (Å²) in [4.78, 5) is 44.3. The average molecular weight is 346 g/mol. The minimum absolute atomic E-state index is 0.339. The van der Waals surface area contributed by atoms with Crippen molar-refractivity contribution < 1.29 is 14.3 Å². The summed E-state index contributed by atoms with van der Waals surface area (Å²) >= 11 is 1.24. The fraction of sp³-hybridized carbons (Fsp3) is 0.267. The standard InChI is InChI=1S/C15H14N4O4S/c1-7-3-8(2)18-14-11(7)12-13(24-14)15(22)19(6-17-12)4-10(21)23-5-9(16)20/h3,6H,4-5H2,1-2H3,(H2,16,20). The van der Waals surface area contributed by atoms with Crippen molar-refractivity contribution in [3.8, 4) is 0 Å². The van der Waals surface area contributed by atoms with Crippen molar-refractivity contribution in [1.82, 2.24) is 14.5 Å². The summed E-state index contributed by atoms with van der Waals surface area (Å²) < 4.78 is 6.23. The van der Waals surface area contributed by atoms with Gasteiger partial charge in [0.15, 0.2) is 6.61 Å². The zero-order chi connectivity index (χ0) is 17.4. The van der Waals surface area contributed by atoms with E-state index in [1.165, 1.54) is 17.7 Å². The molecule has 3 aromatic rings. The number of nitrogens with zero attached hydrogens (tertiary/aromatic N) is 3. The number of hydrogen-bond acceptors (Lipinski definition) is 7. The summed E-state index contributed by atoms with van der Waals surface area (Å²) in [6.07, 6.45) is 1.29. The van der Waals surface area contributed by atoms with Gasteiger partial charge in [-0.05, 0) is 25.5 Å². The molecule has 0 fully saturated rings. The Hall–Kier alpha value is -2.81. The number of nitrogens with two attached hydrogens (primary N) is 1. The molecule has 9 heteroatoms. The first kappa shape index (κ1) is 16.1. The molecule has 124 valence electrons. The number of rotatable bonds is 4. The number of thiophene rings is 1. The van der Waals surface area contributed by atoms with Crippen molar-refractivity contribution in [2.45, 2.75) is 20.4 Å². The predicted molar refractivity (Wildman–Crippen MR) is 88.8 cm³/mol. The van der Waals surface area contributed by atoms with E-state index in [0.29, 0.717) is 10.2 Å². The van der Waals surface area contributed by atoms with E-state index in [1.54, 1.807) is 0 Å². The minimum Gasteiger partial charge on any atom is -0.454 e. The van der Waals surface area contributed by atoms with Gasteiger partial charge in [0, 0.05) is 11.1 Å². The van der Waals surface area contributed by atoms with E-state index >= 15 is 0 Å². The molecule has 0 spiro atoms. The van der Waals surface area contributed by atoms with Gasteiger partial charge in [0.1, 0.15) is 16.1 Å². The van der Waals surface area contributed by atoms with E-state index in [2.05, 4.69) is 14.7 Å². The number of aryl methyl sites for hydroxylation is 2. The number of amides is 1. The van der Waals surface area contributed by atoms with E-state index < -0.39 is 18.5 Å². The fourth-order valence-corrected chi connectivity index (χ4v) is 3.65. The topological polar surface area (TPSA) is 117 Å². The monoisotopic (exact) mass is 346 g/mol. The largest absolute Gasteiger partial charge is 0.454 e. The maximum absolute atomic E-state index is 12.6. The highest BCUT2D eigenvalue weighted by Crippen LogP contribution is 2.31. The molecule has 3 aromatic heterocycles. The van der Waals surface area contributed by atoms with Crippen molar-refractivity contribution in [3.05, 3.63) is 34.0 Å². The van der Waals surface area contributed by atoms with Gasteiger partial charge in [-0.15, -0.1) is 11.3 Å². The molecule has 8 nitrogen and oxygen atoms in total. The molecule has 0 unspecified atom stereocenters. The van der Waals surface area contributed by atoms with Crippen molar-refractivity contribution >= 4 is 43.6 Å². The van der Waals surface area contributed by atoms with Crippen LogP contribution in [0, 0.1) is 13.8 Å². The second kappa shape index (κ2) is 6.00. The second-order valence-corrected chi connectivity index (χ2v) is 6.34. The fourth-order valence-electron chi connectivity index (χ4n) is 2.45. The molecule has 0 aromatic carbocycles. The van der Waals surface area contributed by atoms with Crippen molar-refractivity contribution in [2.75, 3.05) is 6.61 Å². The van der Waals surface area contributed by atoms with Gasteiger partial charge in [-0.2, -0.15) is 0 Å². The zero-order valence-electron chi connectivity index (χ0n) is 13.0. The molecule has 0 aliphatic rings. The first-order chi connectivity index (χ1) is 11.4. The summed E-state index contributed by atoms with van der Waals surface area (Å²) in [5.41, 5.74) is 6.99. The van der Waals surface area contributed by atoms with Crippen LogP contribution in [0.25, 0.3) is 20.4 Å². The van der Waals surface area contributed by atoms with Gasteiger partial charge < -0.3 is 10.5 Å². The third kappa shape index (κ3) is 2.85. The molecule has 1 amide bonds. The number of aromatic nitrogens is 3. The van der Waals surface area contributed by atoms with E-state index in [1.807, 2.05) is 19.9 Å². The SMILES string of the molecule is Cc1cc(C)c2c(n1)sc1c(=O)n(CC(=O)OCC(N)=O)cnc12. The van der Waals surface area contributed by atoms with Crippen LogP contribution in [0.1, 0.15) is 11.3 Å². The minimum atomic E-state index is -0.759. The number of carbonyl (C=O) groups excluding carboxylic acids is 2. The van der Waals surface area contributed by atoms with Gasteiger partial charge in [-0.3, -0.25) is 19.0 Å². The molecule has 3 rings (SSSR count). The Kier molecular flexibility index (Phi) is 4.02. The van der Waals surface area contributed by atoms with E-state index in [9.17, 15) is 14.4 Å². The van der Waals surface area contributed by atoms with Crippen LogP contribution in [0.3, 0.4) is 0 Å². The van der Waals surface area contributed by atoms with Crippen LogP contribution in [0.5, 0.6) is 0 Å². The molecule has 0 radical (unpaired) electrons. The Morgan fingerprint density at radius 1 is 1.38 bits per heavy atom. The van der Waals surface area contributed by atoms with Crippen LogP contribution in [-0.2, 0) is 20.9 Å². The quantitative estimate of drug-likeness (QED) is 0.693. The molecule has 0 saturated carbocycles. The Labute approximate surface area is 139 Å².